The lowest BCUT2D eigenvalue weighted by molar-refractivity contribution is -0.127. The summed E-state index contributed by atoms with van der Waals surface area (Å²) in [5.74, 6) is 0.646. The van der Waals surface area contributed by atoms with E-state index in [1.54, 1.807) is 11.9 Å². The molecule has 3 aliphatic rings. The summed E-state index contributed by atoms with van der Waals surface area (Å²) in [6.45, 7) is 6.58. The van der Waals surface area contributed by atoms with Crippen molar-refractivity contribution in [1.82, 2.24) is 25.3 Å². The number of rotatable bonds is 5. The Kier molecular flexibility index (Phi) is 5.23. The van der Waals surface area contributed by atoms with Crippen molar-refractivity contribution in [2.24, 2.45) is 4.99 Å². The first kappa shape index (κ1) is 17.0. The Hall–Kier alpha value is -1.83. The molecule has 24 heavy (non-hydrogen) atoms. The Labute approximate surface area is 143 Å². The van der Waals surface area contributed by atoms with Gasteiger partial charge in [-0.2, -0.15) is 0 Å². The summed E-state index contributed by atoms with van der Waals surface area (Å²) in [7, 11) is 1.71. The predicted molar refractivity (Wildman–Crippen MR) is 91.6 cm³/mol. The molecule has 2 saturated heterocycles. The van der Waals surface area contributed by atoms with E-state index in [1.807, 2.05) is 0 Å². The lowest BCUT2D eigenvalue weighted by Gasteiger charge is -2.38. The maximum atomic E-state index is 12.5. The molecule has 3 amide bonds. The number of amides is 3. The standard InChI is InChI=1S/C16H28N6O2/c1-3-4-5-6-9-22-12-13(20(2)16(24)19-14(12)23)18-15(22)21-10-7-17-8-11-21/h12-13,17H,3-11H2,1-2H3,(H,19,23,24). The van der Waals surface area contributed by atoms with Gasteiger partial charge in [-0.25, -0.2) is 9.79 Å². The molecular formula is C16H28N6O2. The largest absolute Gasteiger partial charge is 0.340 e. The Balaban J connectivity index is 1.79. The van der Waals surface area contributed by atoms with E-state index >= 15 is 0 Å². The molecule has 2 unspecified atom stereocenters. The van der Waals surface area contributed by atoms with Crippen LogP contribution < -0.4 is 10.6 Å². The summed E-state index contributed by atoms with van der Waals surface area (Å²) in [5, 5.41) is 5.80. The lowest BCUT2D eigenvalue weighted by Crippen LogP contribution is -2.64. The molecule has 0 aromatic carbocycles. The van der Waals surface area contributed by atoms with Crippen LogP contribution in [-0.4, -0.2) is 84.6 Å². The summed E-state index contributed by atoms with van der Waals surface area (Å²) in [6.07, 6.45) is 4.15. The minimum atomic E-state index is -0.415. The molecule has 2 atom stereocenters. The first-order valence-electron chi connectivity index (χ1n) is 9.01. The predicted octanol–water partition coefficient (Wildman–Crippen LogP) is 0.0198. The number of urea groups is 1. The fourth-order valence-electron chi connectivity index (χ4n) is 3.59. The number of guanidine groups is 1. The van der Waals surface area contributed by atoms with Crippen LogP contribution >= 0.6 is 0 Å². The molecule has 0 spiro atoms. The van der Waals surface area contributed by atoms with E-state index < -0.39 is 12.2 Å². The first-order valence-corrected chi connectivity index (χ1v) is 9.01. The number of carbonyl (C=O) groups is 2. The molecular weight excluding hydrogens is 308 g/mol. The number of unbranched alkanes of at least 4 members (excludes halogenated alkanes) is 3. The second kappa shape index (κ2) is 7.38. The van der Waals surface area contributed by atoms with Crippen molar-refractivity contribution in [3.05, 3.63) is 0 Å². The van der Waals surface area contributed by atoms with Gasteiger partial charge in [-0.05, 0) is 6.42 Å². The van der Waals surface area contributed by atoms with E-state index in [-0.39, 0.29) is 11.9 Å². The molecule has 0 bridgehead atoms. The van der Waals surface area contributed by atoms with Gasteiger partial charge in [0.2, 0.25) is 0 Å². The second-order valence-corrected chi connectivity index (χ2v) is 6.68. The maximum Gasteiger partial charge on any atom is 0.325 e. The second-order valence-electron chi connectivity index (χ2n) is 6.68. The summed E-state index contributed by atoms with van der Waals surface area (Å²) in [5.41, 5.74) is 0. The number of aliphatic imine (C=N–C) groups is 1. The van der Waals surface area contributed by atoms with Crippen molar-refractivity contribution in [2.45, 2.75) is 44.8 Å². The van der Waals surface area contributed by atoms with Crippen LogP contribution in [0.15, 0.2) is 4.99 Å². The van der Waals surface area contributed by atoms with Gasteiger partial charge in [-0.3, -0.25) is 10.1 Å². The maximum absolute atomic E-state index is 12.5. The quantitative estimate of drug-likeness (QED) is 0.692. The summed E-state index contributed by atoms with van der Waals surface area (Å²) in [4.78, 5) is 35.0. The molecule has 8 heteroatoms. The third kappa shape index (κ3) is 3.19. The zero-order valence-corrected chi connectivity index (χ0v) is 14.6. The molecule has 0 saturated carbocycles. The van der Waals surface area contributed by atoms with Crippen molar-refractivity contribution >= 4 is 17.9 Å². The topological polar surface area (TPSA) is 80.3 Å². The minimum Gasteiger partial charge on any atom is -0.340 e. The van der Waals surface area contributed by atoms with Crippen LogP contribution in [0, 0.1) is 0 Å². The molecule has 3 heterocycles. The number of hydrogen-bond donors (Lipinski definition) is 2. The van der Waals surface area contributed by atoms with Crippen LogP contribution in [-0.2, 0) is 4.79 Å². The fourth-order valence-corrected chi connectivity index (χ4v) is 3.59. The van der Waals surface area contributed by atoms with E-state index in [1.165, 1.54) is 12.8 Å². The summed E-state index contributed by atoms with van der Waals surface area (Å²) in [6, 6.07) is -0.767. The highest BCUT2D eigenvalue weighted by Gasteiger charge is 2.49. The van der Waals surface area contributed by atoms with Crippen molar-refractivity contribution < 1.29 is 9.59 Å². The highest BCUT2D eigenvalue weighted by molar-refractivity contribution is 6.03. The van der Waals surface area contributed by atoms with Crippen LogP contribution in [0.5, 0.6) is 0 Å². The molecule has 2 N–H and O–H groups in total. The van der Waals surface area contributed by atoms with Gasteiger partial charge >= 0.3 is 6.03 Å². The molecule has 0 aliphatic carbocycles. The van der Waals surface area contributed by atoms with E-state index in [2.05, 4.69) is 27.4 Å². The van der Waals surface area contributed by atoms with Gasteiger partial charge in [0, 0.05) is 39.8 Å². The number of likely N-dealkylation sites (N-methyl/N-ethyl adjacent to an activating group) is 1. The van der Waals surface area contributed by atoms with Crippen LogP contribution in [0.1, 0.15) is 32.6 Å². The average Bonchev–Trinajstić information content (AvgIpc) is 2.98. The third-order valence-electron chi connectivity index (χ3n) is 4.99. The molecule has 134 valence electrons. The van der Waals surface area contributed by atoms with Gasteiger partial charge in [0.05, 0.1) is 0 Å². The van der Waals surface area contributed by atoms with E-state index in [4.69, 9.17) is 4.99 Å². The first-order chi connectivity index (χ1) is 11.6. The van der Waals surface area contributed by atoms with Crippen LogP contribution in [0.2, 0.25) is 0 Å². The van der Waals surface area contributed by atoms with Gasteiger partial charge in [0.1, 0.15) is 0 Å². The zero-order chi connectivity index (χ0) is 17.1. The summed E-state index contributed by atoms with van der Waals surface area (Å²) >= 11 is 0. The average molecular weight is 336 g/mol. The molecule has 3 rings (SSSR count). The normalized spacial score (nSPS) is 27.2. The number of piperazine rings is 1. The molecule has 0 aromatic heterocycles. The number of carbonyl (C=O) groups excluding carboxylic acids is 2. The van der Waals surface area contributed by atoms with Gasteiger partial charge in [-0.15, -0.1) is 0 Å². The van der Waals surface area contributed by atoms with Crippen molar-refractivity contribution in [3.63, 3.8) is 0 Å². The fraction of sp³-hybridized carbons (Fsp3) is 0.812. The molecule has 0 aromatic rings. The highest BCUT2D eigenvalue weighted by atomic mass is 16.2. The Morgan fingerprint density at radius 2 is 1.92 bits per heavy atom. The molecule has 0 radical (unpaired) electrons. The summed E-state index contributed by atoms with van der Waals surface area (Å²) < 4.78 is 0. The van der Waals surface area contributed by atoms with Crippen molar-refractivity contribution in [1.29, 1.82) is 0 Å². The highest BCUT2D eigenvalue weighted by Crippen LogP contribution is 2.26. The van der Waals surface area contributed by atoms with Gasteiger partial charge in [-0.1, -0.05) is 26.2 Å². The van der Waals surface area contributed by atoms with E-state index in [0.717, 1.165) is 51.5 Å². The smallest absolute Gasteiger partial charge is 0.325 e. The van der Waals surface area contributed by atoms with Crippen LogP contribution in [0.3, 0.4) is 0 Å². The van der Waals surface area contributed by atoms with Crippen molar-refractivity contribution in [2.75, 3.05) is 39.8 Å². The Morgan fingerprint density at radius 1 is 1.17 bits per heavy atom. The number of nitrogens with zero attached hydrogens (tertiary/aromatic N) is 4. The number of hydrogen-bond acceptors (Lipinski definition) is 6. The monoisotopic (exact) mass is 336 g/mol. The Bertz CT molecular complexity index is 517. The number of imide groups is 1. The van der Waals surface area contributed by atoms with Gasteiger partial charge in [0.15, 0.2) is 18.2 Å². The molecule has 3 aliphatic heterocycles. The van der Waals surface area contributed by atoms with Gasteiger partial charge in [0.25, 0.3) is 5.91 Å². The SMILES string of the molecule is CCCCCCN1C(N2CCNCC2)=NC2C1C(=O)NC(=O)N2C. The van der Waals surface area contributed by atoms with Crippen LogP contribution in [0.25, 0.3) is 0 Å². The van der Waals surface area contributed by atoms with Crippen LogP contribution in [0.4, 0.5) is 4.79 Å². The molecule has 8 nitrogen and oxygen atoms in total. The lowest BCUT2D eigenvalue weighted by atomic mass is 10.1. The molecule has 2 fully saturated rings. The third-order valence-corrected chi connectivity index (χ3v) is 4.99. The zero-order valence-electron chi connectivity index (χ0n) is 14.6. The minimum absolute atomic E-state index is 0.229. The van der Waals surface area contributed by atoms with Gasteiger partial charge < -0.3 is 20.0 Å². The van der Waals surface area contributed by atoms with E-state index in [0.29, 0.717) is 0 Å². The van der Waals surface area contributed by atoms with E-state index in [9.17, 15) is 9.59 Å². The van der Waals surface area contributed by atoms with Crippen molar-refractivity contribution in [3.8, 4) is 0 Å². The number of nitrogens with one attached hydrogen (secondary N) is 2. The Morgan fingerprint density at radius 3 is 2.62 bits per heavy atom. The number of fused-ring (bicyclic) bond motifs is 1.